The van der Waals surface area contributed by atoms with Crippen molar-refractivity contribution in [1.29, 1.82) is 0 Å². The van der Waals surface area contributed by atoms with Crippen LogP contribution in [-0.2, 0) is 11.3 Å². The first-order valence-corrected chi connectivity index (χ1v) is 11.6. The molecule has 5 rings (SSSR count). The molecule has 3 aliphatic rings. The number of ether oxygens (including phenoxy) is 1. The largest absolute Gasteiger partial charge is 0.497 e. The summed E-state index contributed by atoms with van der Waals surface area (Å²) in [6, 6.07) is 11.3. The molecule has 8 nitrogen and oxygen atoms in total. The normalized spacial score (nSPS) is 24.2. The highest BCUT2D eigenvalue weighted by atomic mass is 16.5. The third kappa shape index (κ3) is 3.93. The molecule has 0 bridgehead atoms. The van der Waals surface area contributed by atoms with Gasteiger partial charge in [-0.2, -0.15) is 0 Å². The second-order valence-electron chi connectivity index (χ2n) is 9.42. The van der Waals surface area contributed by atoms with E-state index in [1.54, 1.807) is 13.3 Å². The topological polar surface area (TPSA) is 78.0 Å². The van der Waals surface area contributed by atoms with Gasteiger partial charge < -0.3 is 19.9 Å². The van der Waals surface area contributed by atoms with Gasteiger partial charge in [-0.1, -0.05) is 12.1 Å². The Morgan fingerprint density at radius 3 is 2.76 bits per heavy atom. The van der Waals surface area contributed by atoms with Crippen molar-refractivity contribution in [2.24, 2.45) is 11.8 Å². The van der Waals surface area contributed by atoms with E-state index in [1.165, 1.54) is 5.56 Å². The summed E-state index contributed by atoms with van der Waals surface area (Å²) in [4.78, 5) is 36.5. The maximum absolute atomic E-state index is 13.2. The van der Waals surface area contributed by atoms with Crippen molar-refractivity contribution in [2.75, 3.05) is 45.7 Å². The molecule has 3 fully saturated rings. The zero-order valence-corrected chi connectivity index (χ0v) is 19.2. The van der Waals surface area contributed by atoms with Crippen molar-refractivity contribution in [3.63, 3.8) is 0 Å². The number of carbonyl (C=O) groups is 2. The van der Waals surface area contributed by atoms with Gasteiger partial charge in [0, 0.05) is 69.8 Å². The number of pyridine rings is 1. The van der Waals surface area contributed by atoms with Crippen LogP contribution in [-0.4, -0.2) is 77.5 Å². The number of hydrogen-bond donors (Lipinski definition) is 1. The Morgan fingerprint density at radius 1 is 1.21 bits per heavy atom. The number of rotatable bonds is 4. The number of amides is 3. The van der Waals surface area contributed by atoms with E-state index in [9.17, 15) is 9.59 Å². The van der Waals surface area contributed by atoms with Crippen LogP contribution in [0.15, 0.2) is 48.8 Å². The van der Waals surface area contributed by atoms with Crippen molar-refractivity contribution in [3.05, 3.63) is 54.4 Å². The number of benzene rings is 1. The number of nitrogens with one attached hydrogen (secondary N) is 1. The number of likely N-dealkylation sites (tertiary alicyclic amines) is 3. The third-order valence-corrected chi connectivity index (χ3v) is 7.77. The van der Waals surface area contributed by atoms with Gasteiger partial charge in [0.25, 0.3) is 0 Å². The number of piperidine rings is 1. The molecule has 4 heterocycles. The van der Waals surface area contributed by atoms with E-state index in [-0.39, 0.29) is 23.4 Å². The highest BCUT2D eigenvalue weighted by molar-refractivity contribution is 5.90. The number of methoxy groups -OCH3 is 1. The Hall–Kier alpha value is -3.13. The van der Waals surface area contributed by atoms with E-state index in [1.807, 2.05) is 53.4 Å². The molecule has 1 N–H and O–H groups in total. The van der Waals surface area contributed by atoms with E-state index < -0.39 is 0 Å². The fourth-order valence-electron chi connectivity index (χ4n) is 5.98. The summed E-state index contributed by atoms with van der Waals surface area (Å²) in [6.07, 6.45) is 5.30. The summed E-state index contributed by atoms with van der Waals surface area (Å²) in [5.41, 5.74) is 1.73. The first kappa shape index (κ1) is 21.7. The number of hydrogen-bond acceptors (Lipinski definition) is 5. The van der Waals surface area contributed by atoms with Gasteiger partial charge in [-0.3, -0.25) is 14.7 Å². The molecular weight excluding hydrogens is 418 g/mol. The van der Waals surface area contributed by atoms with Gasteiger partial charge in [0.1, 0.15) is 5.75 Å². The van der Waals surface area contributed by atoms with Crippen molar-refractivity contribution in [3.8, 4) is 5.75 Å². The zero-order valence-electron chi connectivity index (χ0n) is 19.2. The number of nitrogens with zero attached hydrogens (tertiary/aromatic N) is 4. The van der Waals surface area contributed by atoms with Crippen molar-refractivity contribution < 1.29 is 14.3 Å². The predicted molar refractivity (Wildman–Crippen MR) is 125 cm³/mol. The maximum Gasteiger partial charge on any atom is 0.321 e. The van der Waals surface area contributed by atoms with Crippen LogP contribution in [0.4, 0.5) is 10.5 Å². The minimum atomic E-state index is -0.168. The minimum Gasteiger partial charge on any atom is -0.497 e. The van der Waals surface area contributed by atoms with E-state index >= 15 is 0 Å². The van der Waals surface area contributed by atoms with Crippen LogP contribution in [0.1, 0.15) is 18.4 Å². The Kier molecular flexibility index (Phi) is 5.70. The van der Waals surface area contributed by atoms with Crippen LogP contribution in [0.5, 0.6) is 5.75 Å². The summed E-state index contributed by atoms with van der Waals surface area (Å²) in [6.45, 7) is 3.80. The van der Waals surface area contributed by atoms with Gasteiger partial charge in [-0.15, -0.1) is 0 Å². The summed E-state index contributed by atoms with van der Waals surface area (Å²) < 4.78 is 5.24. The van der Waals surface area contributed by atoms with Crippen LogP contribution >= 0.6 is 0 Å². The fourth-order valence-corrected chi connectivity index (χ4v) is 5.98. The van der Waals surface area contributed by atoms with Crippen LogP contribution in [0.3, 0.4) is 0 Å². The highest BCUT2D eigenvalue weighted by Gasteiger charge is 2.60. The Balaban J connectivity index is 1.24. The van der Waals surface area contributed by atoms with Crippen LogP contribution < -0.4 is 10.1 Å². The molecule has 8 heteroatoms. The van der Waals surface area contributed by atoms with E-state index in [0.29, 0.717) is 24.8 Å². The average Bonchev–Trinajstić information content (AvgIpc) is 3.34. The summed E-state index contributed by atoms with van der Waals surface area (Å²) >= 11 is 0. The zero-order chi connectivity index (χ0) is 23.0. The smallest absolute Gasteiger partial charge is 0.321 e. The van der Waals surface area contributed by atoms with Gasteiger partial charge in [0.2, 0.25) is 5.91 Å². The molecule has 1 spiro atoms. The van der Waals surface area contributed by atoms with Crippen molar-refractivity contribution in [1.82, 2.24) is 19.7 Å². The number of fused-ring (bicyclic) bond motifs is 2. The molecule has 3 amide bonds. The Bertz CT molecular complexity index is 1020. The van der Waals surface area contributed by atoms with E-state index in [4.69, 9.17) is 4.74 Å². The fraction of sp³-hybridized carbons (Fsp3) is 0.480. The number of aromatic nitrogens is 1. The molecule has 2 atom stereocenters. The second-order valence-corrected chi connectivity index (χ2v) is 9.42. The highest BCUT2D eigenvalue weighted by Crippen LogP contribution is 2.49. The van der Waals surface area contributed by atoms with Crippen LogP contribution in [0.2, 0.25) is 0 Å². The Labute approximate surface area is 194 Å². The lowest BCUT2D eigenvalue weighted by Gasteiger charge is -2.46. The predicted octanol–water partition coefficient (Wildman–Crippen LogP) is 2.68. The molecule has 2 aromatic rings. The number of anilines is 1. The van der Waals surface area contributed by atoms with Crippen LogP contribution in [0, 0.1) is 11.8 Å². The van der Waals surface area contributed by atoms with Gasteiger partial charge in [-0.05, 0) is 36.6 Å². The summed E-state index contributed by atoms with van der Waals surface area (Å²) in [7, 11) is 3.57. The average molecular weight is 450 g/mol. The molecule has 0 radical (unpaired) electrons. The standard InChI is InChI=1S/C25H31N5O3/c1-28-23(31)21-16-29(15-18-5-4-10-26-14-18)17-22(21)25(28)8-11-30(12-9-25)24(32)27-19-6-3-7-20(13-19)33-2/h3-7,10,13-14,21-22H,8-9,11-12,15-17H2,1-2H3,(H,27,32)/t21-,22+/m1/s1. The molecule has 0 unspecified atom stereocenters. The lowest BCUT2D eigenvalue weighted by molar-refractivity contribution is -0.133. The van der Waals surface area contributed by atoms with Gasteiger partial charge in [-0.25, -0.2) is 4.79 Å². The number of urea groups is 1. The SMILES string of the molecule is COc1cccc(NC(=O)N2CCC3(CC2)[C@H]2CN(Cc4cccnc4)C[C@H]2C(=O)N3C)c1. The molecule has 33 heavy (non-hydrogen) atoms. The molecule has 174 valence electrons. The van der Waals surface area contributed by atoms with Crippen LogP contribution in [0.25, 0.3) is 0 Å². The van der Waals surface area contributed by atoms with Crippen molar-refractivity contribution >= 4 is 17.6 Å². The lowest BCUT2D eigenvalue weighted by atomic mass is 9.75. The van der Waals surface area contributed by atoms with Gasteiger partial charge in [0.05, 0.1) is 18.6 Å². The molecule has 3 aliphatic heterocycles. The molecular formula is C25H31N5O3. The summed E-state index contributed by atoms with van der Waals surface area (Å²) in [5, 5.41) is 2.98. The van der Waals surface area contributed by atoms with E-state index in [2.05, 4.69) is 21.3 Å². The van der Waals surface area contributed by atoms with Gasteiger partial charge >= 0.3 is 6.03 Å². The molecule has 3 saturated heterocycles. The molecule has 1 aromatic carbocycles. The van der Waals surface area contributed by atoms with Crippen molar-refractivity contribution in [2.45, 2.75) is 24.9 Å². The molecule has 0 saturated carbocycles. The first-order chi connectivity index (χ1) is 16.0. The van der Waals surface area contributed by atoms with E-state index in [0.717, 1.165) is 38.2 Å². The molecule has 1 aromatic heterocycles. The van der Waals surface area contributed by atoms with Gasteiger partial charge in [0.15, 0.2) is 0 Å². The molecule has 0 aliphatic carbocycles. The monoisotopic (exact) mass is 449 g/mol. The lowest BCUT2D eigenvalue weighted by Crippen LogP contribution is -2.57. The quantitative estimate of drug-likeness (QED) is 0.777. The maximum atomic E-state index is 13.2. The second kappa shape index (κ2) is 8.67. The Morgan fingerprint density at radius 2 is 2.03 bits per heavy atom. The third-order valence-electron chi connectivity index (χ3n) is 7.77. The first-order valence-electron chi connectivity index (χ1n) is 11.6. The minimum absolute atomic E-state index is 0.0452. The summed E-state index contributed by atoms with van der Waals surface area (Å²) in [5.74, 6) is 1.31. The number of carbonyl (C=O) groups excluding carboxylic acids is 2.